The van der Waals surface area contributed by atoms with Crippen molar-refractivity contribution in [3.63, 3.8) is 0 Å². The topological polar surface area (TPSA) is 84.5 Å². The maximum absolute atomic E-state index is 13.4. The first-order valence-corrected chi connectivity index (χ1v) is 11.7. The van der Waals surface area contributed by atoms with E-state index in [0.29, 0.717) is 63.6 Å². The first kappa shape index (κ1) is 24.9. The van der Waals surface area contributed by atoms with Crippen molar-refractivity contribution in [3.8, 4) is 11.5 Å². The summed E-state index contributed by atoms with van der Waals surface area (Å²) in [5, 5.41) is 1.23. The number of nitrogens with zero attached hydrogens (tertiary/aromatic N) is 2. The number of carbonyl (C=O) groups excluding carboxylic acids is 1. The molecule has 9 heteroatoms. The summed E-state index contributed by atoms with van der Waals surface area (Å²) in [6, 6.07) is 8.12. The van der Waals surface area contributed by atoms with Crippen LogP contribution in [0, 0.1) is 0 Å². The van der Waals surface area contributed by atoms with Gasteiger partial charge < -0.3 is 19.4 Å². The summed E-state index contributed by atoms with van der Waals surface area (Å²) < 4.78 is 11.4. The predicted octanol–water partition coefficient (Wildman–Crippen LogP) is 5.47. The Morgan fingerprint density at radius 1 is 1.09 bits per heavy atom. The highest BCUT2D eigenvalue weighted by Crippen LogP contribution is 2.37. The summed E-state index contributed by atoms with van der Waals surface area (Å²) in [5.41, 5.74) is 0.561. The third kappa shape index (κ3) is 5.97. The van der Waals surface area contributed by atoms with Crippen LogP contribution in [0.5, 0.6) is 11.5 Å². The van der Waals surface area contributed by atoms with Crippen molar-refractivity contribution in [2.75, 3.05) is 19.8 Å². The molecule has 0 fully saturated rings. The molecule has 2 aromatic carbocycles. The maximum Gasteiger partial charge on any atom is 0.258 e. The minimum atomic E-state index is -0.283. The van der Waals surface area contributed by atoms with Crippen LogP contribution in [-0.4, -0.2) is 40.5 Å². The van der Waals surface area contributed by atoms with Gasteiger partial charge >= 0.3 is 0 Å². The molecule has 1 N–H and O–H groups in total. The van der Waals surface area contributed by atoms with Crippen molar-refractivity contribution >= 4 is 40.0 Å². The second-order valence-corrected chi connectivity index (χ2v) is 8.31. The summed E-state index contributed by atoms with van der Waals surface area (Å²) in [6.07, 6.45) is 1.54. The lowest BCUT2D eigenvalue weighted by atomic mass is 10.1. The van der Waals surface area contributed by atoms with Crippen LogP contribution in [0.4, 0.5) is 0 Å². The molecule has 33 heavy (non-hydrogen) atoms. The van der Waals surface area contributed by atoms with Gasteiger partial charge in [0, 0.05) is 17.1 Å². The summed E-state index contributed by atoms with van der Waals surface area (Å²) >= 11 is 12.5. The average Bonchev–Trinajstić information content (AvgIpc) is 2.77. The molecule has 0 radical (unpaired) electrons. The fraction of sp³-hybridized carbons (Fsp3) is 0.375. The summed E-state index contributed by atoms with van der Waals surface area (Å²) in [4.78, 5) is 34.8. The quantitative estimate of drug-likeness (QED) is 0.406. The maximum atomic E-state index is 13.4. The van der Waals surface area contributed by atoms with Gasteiger partial charge in [-0.15, -0.1) is 0 Å². The molecule has 0 aliphatic carbocycles. The highest BCUT2D eigenvalue weighted by molar-refractivity contribution is 6.32. The Kier molecular flexibility index (Phi) is 8.58. The average molecular weight is 492 g/mol. The second-order valence-electron chi connectivity index (χ2n) is 7.47. The van der Waals surface area contributed by atoms with E-state index >= 15 is 0 Å². The SMILES string of the molecule is CCCOc1c(Cl)cc(C(=O)N(CCC)Cc2nc3cc(Cl)ccc3c(=O)[nH]2)cc1OCC. The number of hydrogen-bond donors (Lipinski definition) is 1. The van der Waals surface area contributed by atoms with Gasteiger partial charge in [-0.1, -0.05) is 37.0 Å². The van der Waals surface area contributed by atoms with Crippen molar-refractivity contribution in [1.29, 1.82) is 0 Å². The van der Waals surface area contributed by atoms with Crippen LogP contribution in [0.15, 0.2) is 35.1 Å². The summed E-state index contributed by atoms with van der Waals surface area (Å²) in [5.74, 6) is 0.965. The van der Waals surface area contributed by atoms with Gasteiger partial charge in [-0.05, 0) is 50.1 Å². The zero-order chi connectivity index (χ0) is 24.0. The molecule has 0 aliphatic rings. The number of aromatic amines is 1. The van der Waals surface area contributed by atoms with Crippen LogP contribution in [-0.2, 0) is 6.54 Å². The molecule has 0 aliphatic heterocycles. The summed E-state index contributed by atoms with van der Waals surface area (Å²) in [7, 11) is 0. The number of aromatic nitrogens is 2. The molecular weight excluding hydrogens is 465 g/mol. The van der Waals surface area contributed by atoms with Gasteiger partial charge in [-0.2, -0.15) is 0 Å². The first-order valence-electron chi connectivity index (χ1n) is 10.9. The highest BCUT2D eigenvalue weighted by atomic mass is 35.5. The molecule has 0 unspecified atom stereocenters. The van der Waals surface area contributed by atoms with Crippen LogP contribution in [0.25, 0.3) is 10.9 Å². The molecule has 1 aromatic heterocycles. The number of ether oxygens (including phenoxy) is 2. The Morgan fingerprint density at radius 3 is 2.58 bits per heavy atom. The Hall–Kier alpha value is -2.77. The van der Waals surface area contributed by atoms with E-state index in [1.54, 1.807) is 35.2 Å². The van der Waals surface area contributed by atoms with E-state index in [2.05, 4.69) is 9.97 Å². The lowest BCUT2D eigenvalue weighted by molar-refractivity contribution is 0.0738. The van der Waals surface area contributed by atoms with Crippen molar-refractivity contribution in [3.05, 3.63) is 62.1 Å². The van der Waals surface area contributed by atoms with Gasteiger partial charge in [0.25, 0.3) is 11.5 Å². The van der Waals surface area contributed by atoms with Crippen LogP contribution in [0.1, 0.15) is 49.8 Å². The van der Waals surface area contributed by atoms with Crippen molar-refractivity contribution in [1.82, 2.24) is 14.9 Å². The largest absolute Gasteiger partial charge is 0.490 e. The van der Waals surface area contributed by atoms with E-state index in [0.717, 1.165) is 12.8 Å². The van der Waals surface area contributed by atoms with Gasteiger partial charge in [0.05, 0.1) is 35.7 Å². The highest BCUT2D eigenvalue weighted by Gasteiger charge is 2.21. The van der Waals surface area contributed by atoms with E-state index in [9.17, 15) is 9.59 Å². The molecule has 7 nitrogen and oxygen atoms in total. The molecule has 0 saturated heterocycles. The molecule has 1 amide bonds. The van der Waals surface area contributed by atoms with Crippen molar-refractivity contribution < 1.29 is 14.3 Å². The first-order chi connectivity index (χ1) is 15.9. The van der Waals surface area contributed by atoms with E-state index in [-0.39, 0.29) is 18.0 Å². The van der Waals surface area contributed by atoms with Gasteiger partial charge in [-0.25, -0.2) is 4.98 Å². The minimum absolute atomic E-state index is 0.125. The lowest BCUT2D eigenvalue weighted by Crippen LogP contribution is -2.33. The fourth-order valence-electron chi connectivity index (χ4n) is 3.42. The zero-order valence-corrected chi connectivity index (χ0v) is 20.4. The number of benzene rings is 2. The Balaban J connectivity index is 1.94. The number of amides is 1. The Bertz CT molecular complexity index is 1200. The Morgan fingerprint density at radius 2 is 1.88 bits per heavy atom. The molecule has 0 spiro atoms. The normalized spacial score (nSPS) is 10.9. The lowest BCUT2D eigenvalue weighted by Gasteiger charge is -2.23. The number of H-pyrrole nitrogens is 1. The van der Waals surface area contributed by atoms with E-state index in [1.807, 2.05) is 20.8 Å². The summed E-state index contributed by atoms with van der Waals surface area (Å²) in [6.45, 7) is 7.29. The molecule has 0 atom stereocenters. The van der Waals surface area contributed by atoms with E-state index < -0.39 is 0 Å². The molecule has 0 saturated carbocycles. The van der Waals surface area contributed by atoms with Gasteiger partial charge in [0.15, 0.2) is 11.5 Å². The molecule has 176 valence electrons. The van der Waals surface area contributed by atoms with E-state index in [4.69, 9.17) is 32.7 Å². The molecule has 0 bridgehead atoms. The molecule has 3 aromatic rings. The van der Waals surface area contributed by atoms with E-state index in [1.165, 1.54) is 0 Å². The van der Waals surface area contributed by atoms with Crippen LogP contribution < -0.4 is 15.0 Å². The number of rotatable bonds is 10. The number of fused-ring (bicyclic) bond motifs is 1. The van der Waals surface area contributed by atoms with Crippen molar-refractivity contribution in [2.24, 2.45) is 0 Å². The Labute approximate surface area is 202 Å². The molecular formula is C24H27Cl2N3O4. The van der Waals surface area contributed by atoms with Gasteiger partial charge in [0.2, 0.25) is 0 Å². The van der Waals surface area contributed by atoms with Gasteiger partial charge in [-0.3, -0.25) is 9.59 Å². The van der Waals surface area contributed by atoms with Crippen LogP contribution >= 0.6 is 23.2 Å². The molecule has 3 rings (SSSR count). The monoisotopic (exact) mass is 491 g/mol. The third-order valence-corrected chi connectivity index (χ3v) is 5.36. The molecule has 1 heterocycles. The van der Waals surface area contributed by atoms with Gasteiger partial charge in [0.1, 0.15) is 5.82 Å². The second kappa shape index (κ2) is 11.4. The van der Waals surface area contributed by atoms with Crippen LogP contribution in [0.3, 0.4) is 0 Å². The number of carbonyl (C=O) groups is 1. The predicted molar refractivity (Wildman–Crippen MR) is 131 cm³/mol. The number of nitrogens with one attached hydrogen (secondary N) is 1. The number of hydrogen-bond acceptors (Lipinski definition) is 5. The standard InChI is InChI=1S/C24H27Cl2N3O4/c1-4-9-29(14-21-27-19-13-16(25)7-8-17(19)23(30)28-21)24(31)15-11-18(26)22(33-10-5-2)20(12-15)32-6-3/h7-8,11-13H,4-6,9-10,14H2,1-3H3,(H,27,28,30). The fourth-order valence-corrected chi connectivity index (χ4v) is 3.85. The third-order valence-electron chi connectivity index (χ3n) is 4.85. The number of halogens is 2. The minimum Gasteiger partial charge on any atom is -0.490 e. The van der Waals surface area contributed by atoms with Crippen molar-refractivity contribution in [2.45, 2.75) is 40.2 Å². The van der Waals surface area contributed by atoms with Crippen LogP contribution in [0.2, 0.25) is 10.0 Å². The smallest absolute Gasteiger partial charge is 0.258 e. The zero-order valence-electron chi connectivity index (χ0n) is 18.9.